The van der Waals surface area contributed by atoms with Crippen molar-refractivity contribution in [2.45, 2.75) is 32.5 Å². The molecule has 8 heteroatoms. The van der Waals surface area contributed by atoms with Crippen molar-refractivity contribution < 1.29 is 24.0 Å². The van der Waals surface area contributed by atoms with Crippen molar-refractivity contribution in [3.8, 4) is 0 Å². The van der Waals surface area contributed by atoms with E-state index < -0.39 is 22.6 Å². The minimum absolute atomic E-state index is 0.118. The van der Waals surface area contributed by atoms with Gasteiger partial charge in [0.2, 0.25) is 0 Å². The largest absolute Gasteiger partial charge is 0.419 e. The average molecular weight is 346 g/mol. The second kappa shape index (κ2) is 6.19. The van der Waals surface area contributed by atoms with Gasteiger partial charge in [0.15, 0.2) is 0 Å². The summed E-state index contributed by atoms with van der Waals surface area (Å²) in [5.41, 5.74) is 0.758. The van der Waals surface area contributed by atoms with Crippen LogP contribution in [-0.4, -0.2) is 35.7 Å². The van der Waals surface area contributed by atoms with Crippen molar-refractivity contribution in [1.82, 2.24) is 0 Å². The van der Waals surface area contributed by atoms with Crippen LogP contribution in [-0.2, 0) is 19.1 Å². The lowest BCUT2D eigenvalue weighted by molar-refractivity contribution is -0.384. The van der Waals surface area contributed by atoms with Gasteiger partial charge in [0.1, 0.15) is 5.57 Å². The lowest BCUT2D eigenvalue weighted by Gasteiger charge is -2.30. The fraction of sp³-hybridized carbons (Fsp3) is 0.412. The molecule has 0 N–H and O–H groups in total. The zero-order valence-electron chi connectivity index (χ0n) is 14.0. The van der Waals surface area contributed by atoms with Crippen LogP contribution < -0.4 is 4.90 Å². The van der Waals surface area contributed by atoms with Gasteiger partial charge in [0.25, 0.3) is 11.5 Å². The van der Waals surface area contributed by atoms with Gasteiger partial charge in [0, 0.05) is 50.3 Å². The van der Waals surface area contributed by atoms with Crippen LogP contribution in [0.15, 0.2) is 23.8 Å². The molecule has 2 fully saturated rings. The molecule has 2 saturated heterocycles. The van der Waals surface area contributed by atoms with Crippen molar-refractivity contribution in [3.63, 3.8) is 0 Å². The molecule has 2 aliphatic rings. The van der Waals surface area contributed by atoms with E-state index >= 15 is 0 Å². The molecule has 0 radical (unpaired) electrons. The maximum atomic E-state index is 12.1. The Morgan fingerprint density at radius 2 is 1.76 bits per heavy atom. The molecule has 3 rings (SSSR count). The summed E-state index contributed by atoms with van der Waals surface area (Å²) >= 11 is 0. The summed E-state index contributed by atoms with van der Waals surface area (Å²) in [7, 11) is 0. The monoisotopic (exact) mass is 346 g/mol. The van der Waals surface area contributed by atoms with Crippen molar-refractivity contribution in [2.24, 2.45) is 0 Å². The van der Waals surface area contributed by atoms with E-state index in [2.05, 4.69) is 4.90 Å². The van der Waals surface area contributed by atoms with Crippen molar-refractivity contribution in [1.29, 1.82) is 0 Å². The summed E-state index contributed by atoms with van der Waals surface area (Å²) < 4.78 is 10.1. The molecule has 0 saturated carbocycles. The molecule has 0 spiro atoms. The molecular formula is C17H18N2O6. The van der Waals surface area contributed by atoms with Crippen LogP contribution in [0.25, 0.3) is 6.08 Å². The van der Waals surface area contributed by atoms with Crippen molar-refractivity contribution >= 4 is 29.4 Å². The molecule has 0 atom stereocenters. The smallest absolute Gasteiger partial charge is 0.348 e. The van der Waals surface area contributed by atoms with Crippen LogP contribution in [0.5, 0.6) is 0 Å². The predicted molar refractivity (Wildman–Crippen MR) is 88.8 cm³/mol. The highest BCUT2D eigenvalue weighted by Gasteiger charge is 2.39. The Bertz CT molecular complexity index is 755. The van der Waals surface area contributed by atoms with E-state index in [1.807, 2.05) is 0 Å². The fourth-order valence-corrected chi connectivity index (χ4v) is 2.95. The molecule has 1 aromatic rings. The van der Waals surface area contributed by atoms with Gasteiger partial charge in [-0.05, 0) is 25.0 Å². The molecular weight excluding hydrogens is 328 g/mol. The van der Waals surface area contributed by atoms with E-state index in [0.717, 1.165) is 31.6 Å². The number of carbonyl (C=O) groups is 2. The molecule has 0 amide bonds. The van der Waals surface area contributed by atoms with Gasteiger partial charge in [-0.1, -0.05) is 0 Å². The molecule has 1 aromatic carbocycles. The minimum Gasteiger partial charge on any atom is -0.419 e. The molecule has 132 valence electrons. The Morgan fingerprint density at radius 1 is 1.16 bits per heavy atom. The predicted octanol–water partition coefficient (Wildman–Crippen LogP) is 2.41. The van der Waals surface area contributed by atoms with Crippen LogP contribution in [0.1, 0.15) is 32.3 Å². The van der Waals surface area contributed by atoms with Gasteiger partial charge >= 0.3 is 11.9 Å². The molecule has 8 nitrogen and oxygen atoms in total. The second-order valence-corrected chi connectivity index (χ2v) is 6.43. The van der Waals surface area contributed by atoms with Crippen molar-refractivity contribution in [2.75, 3.05) is 18.0 Å². The minimum atomic E-state index is -1.33. The summed E-state index contributed by atoms with van der Waals surface area (Å²) in [6, 6.07) is 4.40. The number of rotatable bonds is 3. The SMILES string of the molecule is CC1(C)OC(=O)C(=Cc2cc([N+](=O)[O-])ccc2N2CCCC2)C(=O)O1. The number of anilines is 1. The Labute approximate surface area is 144 Å². The van der Waals surface area contributed by atoms with Gasteiger partial charge < -0.3 is 14.4 Å². The maximum absolute atomic E-state index is 12.1. The number of hydrogen-bond donors (Lipinski definition) is 0. The molecule has 0 unspecified atom stereocenters. The first kappa shape index (κ1) is 16.9. The number of nitrogens with zero attached hydrogens (tertiary/aromatic N) is 2. The lowest BCUT2D eigenvalue weighted by atomic mass is 10.1. The summed E-state index contributed by atoms with van der Waals surface area (Å²) in [6.45, 7) is 4.55. The third-order valence-electron chi connectivity index (χ3n) is 4.09. The zero-order valence-corrected chi connectivity index (χ0v) is 14.0. The quantitative estimate of drug-likeness (QED) is 0.272. The number of hydrogen-bond acceptors (Lipinski definition) is 7. The number of non-ortho nitro benzene ring substituents is 1. The van der Waals surface area contributed by atoms with E-state index in [1.165, 1.54) is 32.1 Å². The molecule has 0 aromatic heterocycles. The summed E-state index contributed by atoms with van der Waals surface area (Å²) in [5, 5.41) is 11.1. The Hall–Kier alpha value is -2.90. The number of carbonyl (C=O) groups excluding carboxylic acids is 2. The highest BCUT2D eigenvalue weighted by Crippen LogP contribution is 2.32. The number of cyclic esters (lactones) is 2. The van der Waals surface area contributed by atoms with Crippen LogP contribution in [0, 0.1) is 10.1 Å². The Morgan fingerprint density at radius 3 is 2.32 bits per heavy atom. The maximum Gasteiger partial charge on any atom is 0.348 e. The van der Waals surface area contributed by atoms with E-state index in [4.69, 9.17) is 9.47 Å². The summed E-state index contributed by atoms with van der Waals surface area (Å²) in [4.78, 5) is 36.9. The van der Waals surface area contributed by atoms with Crippen molar-refractivity contribution in [3.05, 3.63) is 39.4 Å². The molecule has 0 aliphatic carbocycles. The molecule has 2 heterocycles. The fourth-order valence-electron chi connectivity index (χ4n) is 2.95. The topological polar surface area (TPSA) is 99.0 Å². The third kappa shape index (κ3) is 3.47. The van der Waals surface area contributed by atoms with Gasteiger partial charge in [0.05, 0.1) is 4.92 Å². The average Bonchev–Trinajstić information content (AvgIpc) is 3.04. The third-order valence-corrected chi connectivity index (χ3v) is 4.09. The van der Waals surface area contributed by atoms with Crippen LogP contribution >= 0.6 is 0 Å². The number of esters is 2. The summed E-state index contributed by atoms with van der Waals surface area (Å²) in [5.74, 6) is -2.94. The number of nitro benzene ring substituents is 1. The van der Waals surface area contributed by atoms with E-state index in [9.17, 15) is 19.7 Å². The highest BCUT2D eigenvalue weighted by atomic mass is 16.7. The first-order chi connectivity index (χ1) is 11.8. The first-order valence-electron chi connectivity index (χ1n) is 7.98. The van der Waals surface area contributed by atoms with E-state index in [0.29, 0.717) is 5.56 Å². The molecule has 25 heavy (non-hydrogen) atoms. The Balaban J connectivity index is 2.05. The number of ether oxygens (including phenoxy) is 2. The van der Waals surface area contributed by atoms with E-state index in [1.54, 1.807) is 6.07 Å². The second-order valence-electron chi connectivity index (χ2n) is 6.43. The van der Waals surface area contributed by atoms with Gasteiger partial charge in [-0.15, -0.1) is 0 Å². The number of benzene rings is 1. The van der Waals surface area contributed by atoms with Crippen LogP contribution in [0.4, 0.5) is 11.4 Å². The zero-order chi connectivity index (χ0) is 18.2. The number of nitro groups is 1. The van der Waals surface area contributed by atoms with E-state index in [-0.39, 0.29) is 11.3 Å². The van der Waals surface area contributed by atoms with Gasteiger partial charge in [-0.3, -0.25) is 10.1 Å². The molecule has 2 aliphatic heterocycles. The van der Waals surface area contributed by atoms with Gasteiger partial charge in [-0.25, -0.2) is 9.59 Å². The van der Waals surface area contributed by atoms with Crippen LogP contribution in [0.2, 0.25) is 0 Å². The van der Waals surface area contributed by atoms with Crippen LogP contribution in [0.3, 0.4) is 0 Å². The summed E-state index contributed by atoms with van der Waals surface area (Å²) in [6.07, 6.45) is 3.34. The lowest BCUT2D eigenvalue weighted by Crippen LogP contribution is -2.41. The Kier molecular flexibility index (Phi) is 4.20. The normalized spacial score (nSPS) is 19.4. The first-order valence-corrected chi connectivity index (χ1v) is 7.98. The highest BCUT2D eigenvalue weighted by molar-refractivity contribution is 6.19. The van der Waals surface area contributed by atoms with Gasteiger partial charge in [-0.2, -0.15) is 0 Å². The standard InChI is InChI=1S/C17H18N2O6/c1-17(2)24-15(20)13(16(21)25-17)10-11-9-12(19(22)23)5-6-14(11)18-7-3-4-8-18/h5-6,9-10H,3-4,7-8H2,1-2H3. The molecule has 0 bridgehead atoms.